The van der Waals surface area contributed by atoms with Gasteiger partial charge in [0, 0.05) is 6.92 Å². The topological polar surface area (TPSA) is 90.9 Å². The van der Waals surface area contributed by atoms with Crippen molar-refractivity contribution in [2.75, 3.05) is 6.54 Å². The second kappa shape index (κ2) is 9.66. The smallest absolute Gasteiger partial charge is 0.407 e. The third-order valence-electron chi connectivity index (χ3n) is 2.83. The zero-order valence-corrected chi connectivity index (χ0v) is 15.0. The number of ether oxygens (including phenoxy) is 3. The number of carbonyl (C=O) groups excluding carboxylic acids is 3. The molecule has 0 aliphatic rings. The van der Waals surface area contributed by atoms with Gasteiger partial charge in [-0.1, -0.05) is 30.3 Å². The number of hydrogen-bond donors (Lipinski definition) is 1. The van der Waals surface area contributed by atoms with Crippen LogP contribution < -0.4 is 5.32 Å². The molecule has 25 heavy (non-hydrogen) atoms. The fourth-order valence-corrected chi connectivity index (χ4v) is 1.93. The van der Waals surface area contributed by atoms with E-state index in [1.807, 2.05) is 30.3 Å². The average molecular weight is 351 g/mol. The number of nitrogens with one attached hydrogen (secondary N) is 1. The number of hydrogen-bond acceptors (Lipinski definition) is 6. The van der Waals surface area contributed by atoms with E-state index >= 15 is 0 Å². The van der Waals surface area contributed by atoms with Gasteiger partial charge in [-0.15, -0.1) is 0 Å². The molecular formula is C18H25NO6. The van der Waals surface area contributed by atoms with Crippen molar-refractivity contribution in [2.45, 2.75) is 52.4 Å². The van der Waals surface area contributed by atoms with Crippen molar-refractivity contribution < 1.29 is 28.6 Å². The second-order valence-corrected chi connectivity index (χ2v) is 6.46. The van der Waals surface area contributed by atoms with Crippen LogP contribution >= 0.6 is 0 Å². The highest BCUT2D eigenvalue weighted by Crippen LogP contribution is 2.10. The van der Waals surface area contributed by atoms with Crippen LogP contribution in [0.25, 0.3) is 0 Å². The van der Waals surface area contributed by atoms with E-state index in [4.69, 9.17) is 14.2 Å². The largest absolute Gasteiger partial charge is 0.460 e. The first kappa shape index (κ1) is 20.5. The molecule has 0 bridgehead atoms. The molecule has 0 spiro atoms. The minimum Gasteiger partial charge on any atom is -0.460 e. The van der Waals surface area contributed by atoms with Gasteiger partial charge in [0.25, 0.3) is 0 Å². The Morgan fingerprint density at radius 1 is 1.12 bits per heavy atom. The highest BCUT2D eigenvalue weighted by atomic mass is 16.6. The number of amides is 1. The Balaban J connectivity index is 2.44. The maximum atomic E-state index is 11.8. The highest BCUT2D eigenvalue weighted by Gasteiger charge is 2.23. The molecule has 1 aromatic carbocycles. The van der Waals surface area contributed by atoms with E-state index in [0.717, 1.165) is 5.56 Å². The van der Waals surface area contributed by atoms with Crippen LogP contribution in [0.1, 0.15) is 39.7 Å². The molecule has 0 aromatic heterocycles. The highest BCUT2D eigenvalue weighted by molar-refractivity contribution is 5.72. The summed E-state index contributed by atoms with van der Waals surface area (Å²) >= 11 is 0. The summed E-state index contributed by atoms with van der Waals surface area (Å²) in [6, 6.07) is 9.21. The van der Waals surface area contributed by atoms with Gasteiger partial charge in [-0.25, -0.2) is 4.79 Å². The molecule has 1 unspecified atom stereocenters. The lowest BCUT2D eigenvalue weighted by molar-refractivity contribution is -0.160. The maximum absolute atomic E-state index is 11.8. The molecule has 138 valence electrons. The first-order chi connectivity index (χ1) is 11.7. The van der Waals surface area contributed by atoms with Crippen LogP contribution in [0.2, 0.25) is 0 Å². The summed E-state index contributed by atoms with van der Waals surface area (Å²) in [6.45, 7) is 6.53. The van der Waals surface area contributed by atoms with Gasteiger partial charge in [-0.2, -0.15) is 0 Å². The molecule has 1 rings (SSSR count). The molecule has 0 saturated carbocycles. The van der Waals surface area contributed by atoms with Crippen molar-refractivity contribution in [1.29, 1.82) is 0 Å². The number of benzene rings is 1. The number of esters is 2. The van der Waals surface area contributed by atoms with E-state index in [1.165, 1.54) is 6.92 Å². The normalized spacial score (nSPS) is 12.0. The molecule has 1 aromatic rings. The first-order valence-electron chi connectivity index (χ1n) is 7.99. The van der Waals surface area contributed by atoms with Gasteiger partial charge >= 0.3 is 18.0 Å². The van der Waals surface area contributed by atoms with Gasteiger partial charge in [0.1, 0.15) is 18.3 Å². The molecule has 1 N–H and O–H groups in total. The quantitative estimate of drug-likeness (QED) is 0.600. The van der Waals surface area contributed by atoms with Crippen LogP contribution in [-0.4, -0.2) is 36.3 Å². The van der Waals surface area contributed by atoms with E-state index in [1.54, 1.807) is 20.8 Å². The molecule has 7 heteroatoms. The molecule has 0 heterocycles. The van der Waals surface area contributed by atoms with E-state index in [0.29, 0.717) is 0 Å². The zero-order chi connectivity index (χ0) is 18.9. The summed E-state index contributed by atoms with van der Waals surface area (Å²) in [5.74, 6) is -1.06. The standard InChI is InChI=1S/C18H25NO6/c1-13(20)24-15(10-16(21)25-18(2,3)4)11-19-17(22)23-12-14-8-6-5-7-9-14/h5-9,15H,10-12H2,1-4H3,(H,19,22). The van der Waals surface area contributed by atoms with Crippen molar-refractivity contribution in [3.05, 3.63) is 35.9 Å². The van der Waals surface area contributed by atoms with Crippen molar-refractivity contribution in [1.82, 2.24) is 5.32 Å². The van der Waals surface area contributed by atoms with Gasteiger partial charge in [-0.3, -0.25) is 9.59 Å². The molecule has 0 radical (unpaired) electrons. The lowest BCUT2D eigenvalue weighted by atomic mass is 10.2. The Bertz CT molecular complexity index is 579. The second-order valence-electron chi connectivity index (χ2n) is 6.46. The van der Waals surface area contributed by atoms with Crippen LogP contribution in [-0.2, 0) is 30.4 Å². The minimum absolute atomic E-state index is 0.0492. The molecular weight excluding hydrogens is 326 g/mol. The van der Waals surface area contributed by atoms with Gasteiger partial charge in [0.15, 0.2) is 0 Å². The Kier molecular flexibility index (Phi) is 7.91. The molecule has 0 saturated heterocycles. The number of rotatable bonds is 7. The molecule has 0 aliphatic carbocycles. The van der Waals surface area contributed by atoms with Crippen molar-refractivity contribution in [2.24, 2.45) is 0 Å². The van der Waals surface area contributed by atoms with Gasteiger partial charge in [0.2, 0.25) is 0 Å². The molecule has 0 fully saturated rings. The summed E-state index contributed by atoms with van der Waals surface area (Å²) in [7, 11) is 0. The summed E-state index contributed by atoms with van der Waals surface area (Å²) in [5, 5.41) is 2.48. The monoisotopic (exact) mass is 351 g/mol. The fourth-order valence-electron chi connectivity index (χ4n) is 1.93. The van der Waals surface area contributed by atoms with Crippen LogP contribution in [0.4, 0.5) is 4.79 Å². The number of alkyl carbamates (subject to hydrolysis) is 1. The van der Waals surface area contributed by atoms with Crippen molar-refractivity contribution in [3.8, 4) is 0 Å². The molecule has 7 nitrogen and oxygen atoms in total. The Labute approximate surface area is 147 Å². The van der Waals surface area contributed by atoms with Crippen LogP contribution in [0, 0.1) is 0 Å². The van der Waals surface area contributed by atoms with E-state index in [-0.39, 0.29) is 19.6 Å². The zero-order valence-electron chi connectivity index (χ0n) is 15.0. The first-order valence-corrected chi connectivity index (χ1v) is 7.99. The Morgan fingerprint density at radius 3 is 2.32 bits per heavy atom. The Hall–Kier alpha value is -2.57. The van der Waals surface area contributed by atoms with Gasteiger partial charge in [-0.05, 0) is 26.3 Å². The van der Waals surface area contributed by atoms with Crippen molar-refractivity contribution >= 4 is 18.0 Å². The SMILES string of the molecule is CC(=O)OC(CNC(=O)OCc1ccccc1)CC(=O)OC(C)(C)C. The molecule has 1 atom stereocenters. The minimum atomic E-state index is -0.823. The predicted octanol–water partition coefficient (Wildman–Crippen LogP) is 2.58. The third-order valence-corrected chi connectivity index (χ3v) is 2.83. The van der Waals surface area contributed by atoms with E-state index in [9.17, 15) is 14.4 Å². The van der Waals surface area contributed by atoms with Gasteiger partial charge in [0.05, 0.1) is 13.0 Å². The summed E-state index contributed by atoms with van der Waals surface area (Å²) in [5.41, 5.74) is 0.211. The van der Waals surface area contributed by atoms with Crippen molar-refractivity contribution in [3.63, 3.8) is 0 Å². The average Bonchev–Trinajstić information content (AvgIpc) is 2.49. The van der Waals surface area contributed by atoms with Crippen LogP contribution in [0.15, 0.2) is 30.3 Å². The molecule has 1 amide bonds. The number of carbonyl (C=O) groups is 3. The van der Waals surface area contributed by atoms with Gasteiger partial charge < -0.3 is 19.5 Å². The van der Waals surface area contributed by atoms with Crippen LogP contribution in [0.3, 0.4) is 0 Å². The van der Waals surface area contributed by atoms with Crippen LogP contribution in [0.5, 0.6) is 0 Å². The summed E-state index contributed by atoms with van der Waals surface area (Å²) in [6.07, 6.45) is -1.64. The maximum Gasteiger partial charge on any atom is 0.407 e. The van der Waals surface area contributed by atoms with E-state index in [2.05, 4.69) is 5.32 Å². The fraction of sp³-hybridized carbons (Fsp3) is 0.500. The Morgan fingerprint density at radius 2 is 1.76 bits per heavy atom. The summed E-state index contributed by atoms with van der Waals surface area (Å²) in [4.78, 5) is 34.7. The lowest BCUT2D eigenvalue weighted by Gasteiger charge is -2.22. The summed E-state index contributed by atoms with van der Waals surface area (Å²) < 4.78 is 15.3. The molecule has 0 aliphatic heterocycles. The lowest BCUT2D eigenvalue weighted by Crippen LogP contribution is -2.37. The van der Waals surface area contributed by atoms with E-state index < -0.39 is 29.7 Å². The predicted molar refractivity (Wildman–Crippen MR) is 90.6 cm³/mol. The third kappa shape index (κ3) is 10.0.